The van der Waals surface area contributed by atoms with E-state index in [0.717, 1.165) is 5.56 Å². The number of nitrogens with one attached hydrogen (secondary N) is 2. The Hall–Kier alpha value is -3.84. The van der Waals surface area contributed by atoms with E-state index in [2.05, 4.69) is 15.8 Å². The fraction of sp³-hybridized carbons (Fsp3) is 0.125. The predicted molar refractivity (Wildman–Crippen MR) is 123 cm³/mol. The molecule has 0 aromatic heterocycles. The van der Waals surface area contributed by atoms with Gasteiger partial charge in [-0.15, -0.1) is 0 Å². The summed E-state index contributed by atoms with van der Waals surface area (Å²) in [5.74, 6) is 0.433. The van der Waals surface area contributed by atoms with Gasteiger partial charge in [-0.1, -0.05) is 41.9 Å². The van der Waals surface area contributed by atoms with Crippen LogP contribution in [0.4, 0.5) is 5.69 Å². The van der Waals surface area contributed by atoms with Crippen molar-refractivity contribution in [1.82, 2.24) is 5.43 Å². The maximum atomic E-state index is 12.4. The van der Waals surface area contributed by atoms with Crippen LogP contribution in [0.1, 0.15) is 22.8 Å². The molecule has 0 unspecified atom stereocenters. The zero-order valence-electron chi connectivity index (χ0n) is 17.2. The van der Waals surface area contributed by atoms with Crippen LogP contribution in [-0.4, -0.2) is 30.2 Å². The Morgan fingerprint density at radius 3 is 2.53 bits per heavy atom. The monoisotopic (exact) mass is 449 g/mol. The number of hydrogen-bond acceptors (Lipinski definition) is 5. The summed E-state index contributed by atoms with van der Waals surface area (Å²) in [6, 6.07) is 21.0. The van der Waals surface area contributed by atoms with Gasteiger partial charge in [0.05, 0.1) is 5.71 Å². The summed E-state index contributed by atoms with van der Waals surface area (Å²) in [6.07, 6.45) is -0.801. The van der Waals surface area contributed by atoms with Gasteiger partial charge in [-0.3, -0.25) is 9.59 Å². The van der Waals surface area contributed by atoms with Gasteiger partial charge in [-0.2, -0.15) is 5.10 Å². The molecule has 3 aromatic rings. The Kier molecular flexibility index (Phi) is 6.37. The zero-order chi connectivity index (χ0) is 22.5. The third-order valence-electron chi connectivity index (χ3n) is 4.76. The van der Waals surface area contributed by atoms with E-state index >= 15 is 0 Å². The van der Waals surface area contributed by atoms with Crippen molar-refractivity contribution in [2.75, 3.05) is 11.9 Å². The van der Waals surface area contributed by atoms with Gasteiger partial charge in [0.2, 0.25) is 6.10 Å². The molecule has 1 heterocycles. The van der Waals surface area contributed by atoms with Crippen molar-refractivity contribution in [2.45, 2.75) is 13.0 Å². The molecule has 1 aliphatic rings. The minimum Gasteiger partial charge on any atom is -0.485 e. The Labute approximate surface area is 190 Å². The summed E-state index contributed by atoms with van der Waals surface area (Å²) in [7, 11) is 0. The van der Waals surface area contributed by atoms with E-state index in [1.54, 1.807) is 61.5 Å². The summed E-state index contributed by atoms with van der Waals surface area (Å²) < 4.78 is 11.2. The highest BCUT2D eigenvalue weighted by molar-refractivity contribution is 6.31. The second-order valence-corrected chi connectivity index (χ2v) is 7.52. The molecule has 2 N–H and O–H groups in total. The normalized spacial score (nSPS) is 15.1. The number of fused-ring (bicyclic) bond motifs is 1. The Morgan fingerprint density at radius 2 is 1.72 bits per heavy atom. The molecule has 0 radical (unpaired) electrons. The smallest absolute Gasteiger partial charge is 0.284 e. The molecule has 3 aromatic carbocycles. The highest BCUT2D eigenvalue weighted by atomic mass is 35.5. The number of amides is 2. The molecule has 0 fully saturated rings. The molecule has 162 valence electrons. The van der Waals surface area contributed by atoms with E-state index in [0.29, 0.717) is 33.5 Å². The van der Waals surface area contributed by atoms with Crippen molar-refractivity contribution in [3.8, 4) is 11.5 Å². The number of hydrogen-bond donors (Lipinski definition) is 2. The minimum atomic E-state index is -0.801. The van der Waals surface area contributed by atoms with Crippen molar-refractivity contribution in [2.24, 2.45) is 5.10 Å². The summed E-state index contributed by atoms with van der Waals surface area (Å²) in [5, 5.41) is 7.48. The molecule has 1 atom stereocenters. The number of anilines is 1. The lowest BCUT2D eigenvalue weighted by Crippen LogP contribution is -2.42. The van der Waals surface area contributed by atoms with Crippen molar-refractivity contribution in [3.05, 3.63) is 88.9 Å². The molecular weight excluding hydrogens is 430 g/mol. The summed E-state index contributed by atoms with van der Waals surface area (Å²) >= 11 is 5.95. The van der Waals surface area contributed by atoms with E-state index in [1.807, 2.05) is 18.2 Å². The highest BCUT2D eigenvalue weighted by Crippen LogP contribution is 2.30. The molecule has 32 heavy (non-hydrogen) atoms. The minimum absolute atomic E-state index is 0.0996. The average Bonchev–Trinajstić information content (AvgIpc) is 2.82. The van der Waals surface area contributed by atoms with Gasteiger partial charge < -0.3 is 14.8 Å². The number of hydrazone groups is 1. The maximum absolute atomic E-state index is 12.4. The van der Waals surface area contributed by atoms with Gasteiger partial charge in [0.15, 0.2) is 11.5 Å². The lowest BCUT2D eigenvalue weighted by atomic mass is 10.1. The number of benzene rings is 3. The Morgan fingerprint density at radius 1 is 0.969 bits per heavy atom. The lowest BCUT2D eigenvalue weighted by Gasteiger charge is -2.24. The van der Waals surface area contributed by atoms with Gasteiger partial charge in [-0.05, 0) is 55.0 Å². The van der Waals surface area contributed by atoms with Crippen LogP contribution in [-0.2, 0) is 4.79 Å². The van der Waals surface area contributed by atoms with Crippen LogP contribution in [0, 0.1) is 0 Å². The molecule has 0 spiro atoms. The molecule has 0 saturated carbocycles. The first-order valence-electron chi connectivity index (χ1n) is 9.89. The first-order chi connectivity index (χ1) is 15.5. The van der Waals surface area contributed by atoms with Gasteiger partial charge >= 0.3 is 0 Å². The van der Waals surface area contributed by atoms with Crippen LogP contribution in [0.2, 0.25) is 5.02 Å². The van der Waals surface area contributed by atoms with Crippen molar-refractivity contribution in [1.29, 1.82) is 0 Å². The molecular formula is C24H20ClN3O4. The Balaban J connectivity index is 1.39. The number of rotatable bonds is 5. The van der Waals surface area contributed by atoms with E-state index in [4.69, 9.17) is 21.1 Å². The van der Waals surface area contributed by atoms with Crippen molar-refractivity contribution in [3.63, 3.8) is 0 Å². The summed E-state index contributed by atoms with van der Waals surface area (Å²) in [4.78, 5) is 24.9. The van der Waals surface area contributed by atoms with E-state index in [1.165, 1.54) is 0 Å². The number of para-hydroxylation sites is 2. The molecule has 0 aliphatic carbocycles. The summed E-state index contributed by atoms with van der Waals surface area (Å²) in [6.45, 7) is 1.86. The van der Waals surface area contributed by atoms with Crippen molar-refractivity contribution >= 4 is 34.8 Å². The second kappa shape index (κ2) is 9.53. The van der Waals surface area contributed by atoms with E-state index < -0.39 is 12.0 Å². The van der Waals surface area contributed by atoms with Crippen LogP contribution in [0.15, 0.2) is 77.9 Å². The van der Waals surface area contributed by atoms with Gasteiger partial charge in [0, 0.05) is 16.3 Å². The number of nitrogens with zero attached hydrogens (tertiary/aromatic N) is 1. The topological polar surface area (TPSA) is 89.0 Å². The first kappa shape index (κ1) is 21.4. The molecule has 4 rings (SSSR count). The first-order valence-corrected chi connectivity index (χ1v) is 10.3. The molecule has 1 aliphatic heterocycles. The largest absolute Gasteiger partial charge is 0.485 e. The molecule has 8 heteroatoms. The molecule has 7 nitrogen and oxygen atoms in total. The van der Waals surface area contributed by atoms with Crippen molar-refractivity contribution < 1.29 is 19.1 Å². The van der Waals surface area contributed by atoms with E-state index in [9.17, 15) is 9.59 Å². The summed E-state index contributed by atoms with van der Waals surface area (Å²) in [5.41, 5.74) is 4.86. The second-order valence-electron chi connectivity index (χ2n) is 7.08. The van der Waals surface area contributed by atoms with Crippen LogP contribution in [0.5, 0.6) is 11.5 Å². The number of halogens is 1. The van der Waals surface area contributed by atoms with Gasteiger partial charge in [0.25, 0.3) is 11.8 Å². The molecule has 2 amide bonds. The SMILES string of the molecule is C/C(=N/NC(=O)[C@@H]1COc2ccccc2O1)c1cccc(NC(=O)c2cccc(Cl)c2)c1. The fourth-order valence-electron chi connectivity index (χ4n) is 3.08. The lowest BCUT2D eigenvalue weighted by molar-refractivity contribution is -0.130. The van der Waals surface area contributed by atoms with Crippen LogP contribution >= 0.6 is 11.6 Å². The van der Waals surface area contributed by atoms with Crippen LogP contribution in [0.25, 0.3) is 0 Å². The average molecular weight is 450 g/mol. The van der Waals surface area contributed by atoms with E-state index in [-0.39, 0.29) is 12.5 Å². The van der Waals surface area contributed by atoms with Gasteiger partial charge in [0.1, 0.15) is 6.61 Å². The predicted octanol–water partition coefficient (Wildman–Crippen LogP) is 4.27. The highest BCUT2D eigenvalue weighted by Gasteiger charge is 2.27. The zero-order valence-corrected chi connectivity index (χ0v) is 17.9. The molecule has 0 saturated heterocycles. The Bertz CT molecular complexity index is 1200. The fourth-order valence-corrected chi connectivity index (χ4v) is 3.27. The number of carbonyl (C=O) groups excluding carboxylic acids is 2. The third-order valence-corrected chi connectivity index (χ3v) is 4.99. The standard InChI is InChI=1S/C24H20ClN3O4/c1-15(27-28-24(30)22-14-31-20-10-2-3-11-21(20)32-22)16-6-5-9-19(13-16)26-23(29)17-7-4-8-18(25)12-17/h2-13,22H,14H2,1H3,(H,26,29)(H,28,30)/b27-15-/t22-/m0/s1. The third kappa shape index (κ3) is 5.07. The maximum Gasteiger partial charge on any atom is 0.284 e. The van der Waals surface area contributed by atoms with Crippen LogP contribution in [0.3, 0.4) is 0 Å². The number of carbonyl (C=O) groups is 2. The van der Waals surface area contributed by atoms with Gasteiger partial charge in [-0.25, -0.2) is 5.43 Å². The van der Waals surface area contributed by atoms with Crippen LogP contribution < -0.4 is 20.2 Å². The molecule has 0 bridgehead atoms. The quantitative estimate of drug-likeness (QED) is 0.449. The number of ether oxygens (including phenoxy) is 2.